The number of methoxy groups -OCH3 is 1. The van der Waals surface area contributed by atoms with E-state index in [0.29, 0.717) is 19.0 Å². The second kappa shape index (κ2) is 8.01. The van der Waals surface area contributed by atoms with Crippen molar-refractivity contribution >= 4 is 17.5 Å². The molecule has 0 spiro atoms. The fourth-order valence-electron chi connectivity index (χ4n) is 1.74. The number of ether oxygens (including phenoxy) is 1. The van der Waals surface area contributed by atoms with Crippen LogP contribution in [0.25, 0.3) is 0 Å². The number of nitrogens with one attached hydrogen (secondary N) is 1. The molecule has 6 nitrogen and oxygen atoms in total. The first kappa shape index (κ1) is 16.7. The van der Waals surface area contributed by atoms with Gasteiger partial charge in [-0.2, -0.15) is 0 Å². The van der Waals surface area contributed by atoms with E-state index in [2.05, 4.69) is 10.3 Å². The second-order valence-corrected chi connectivity index (χ2v) is 5.10. The molecule has 1 amide bonds. The molecule has 1 rings (SSSR count). The SMILES string of the molecule is COCCCNC(=O)Cn1c(C(C)C)nc(Cl)cc1=O. The van der Waals surface area contributed by atoms with Crippen molar-refractivity contribution in [2.24, 2.45) is 0 Å². The van der Waals surface area contributed by atoms with E-state index in [-0.39, 0.29) is 29.1 Å². The number of nitrogens with zero attached hydrogens (tertiary/aromatic N) is 2. The van der Waals surface area contributed by atoms with Crippen LogP contribution in [0.2, 0.25) is 5.15 Å². The normalized spacial score (nSPS) is 10.8. The summed E-state index contributed by atoms with van der Waals surface area (Å²) in [6.07, 6.45) is 0.729. The highest BCUT2D eigenvalue weighted by molar-refractivity contribution is 6.29. The molecule has 7 heteroatoms. The van der Waals surface area contributed by atoms with Crippen LogP contribution in [0.1, 0.15) is 32.0 Å². The fraction of sp³-hybridized carbons (Fsp3) is 0.615. The van der Waals surface area contributed by atoms with E-state index in [4.69, 9.17) is 16.3 Å². The van der Waals surface area contributed by atoms with Crippen molar-refractivity contribution in [1.82, 2.24) is 14.9 Å². The minimum absolute atomic E-state index is 0.00249. The van der Waals surface area contributed by atoms with Gasteiger partial charge >= 0.3 is 0 Å². The molecule has 0 atom stereocenters. The highest BCUT2D eigenvalue weighted by Crippen LogP contribution is 2.12. The summed E-state index contributed by atoms with van der Waals surface area (Å²) in [5, 5.41) is 2.88. The van der Waals surface area contributed by atoms with Crippen LogP contribution in [0.15, 0.2) is 10.9 Å². The van der Waals surface area contributed by atoms with E-state index in [1.165, 1.54) is 10.6 Å². The van der Waals surface area contributed by atoms with Crippen LogP contribution >= 0.6 is 11.6 Å². The summed E-state index contributed by atoms with van der Waals surface area (Å²) in [4.78, 5) is 27.9. The first-order valence-electron chi connectivity index (χ1n) is 6.48. The number of amides is 1. The van der Waals surface area contributed by atoms with Gasteiger partial charge < -0.3 is 10.1 Å². The quantitative estimate of drug-likeness (QED) is 0.606. The van der Waals surface area contributed by atoms with Gasteiger partial charge in [-0.1, -0.05) is 25.4 Å². The van der Waals surface area contributed by atoms with E-state index < -0.39 is 0 Å². The minimum Gasteiger partial charge on any atom is -0.385 e. The lowest BCUT2D eigenvalue weighted by Crippen LogP contribution is -2.35. The largest absolute Gasteiger partial charge is 0.385 e. The van der Waals surface area contributed by atoms with Crippen molar-refractivity contribution in [2.45, 2.75) is 32.7 Å². The molecule has 1 aromatic rings. The molecule has 1 aromatic heterocycles. The summed E-state index contributed by atoms with van der Waals surface area (Å²) in [6.45, 7) is 4.83. The van der Waals surface area contributed by atoms with Crippen LogP contribution < -0.4 is 10.9 Å². The summed E-state index contributed by atoms with van der Waals surface area (Å²) >= 11 is 5.78. The second-order valence-electron chi connectivity index (χ2n) is 4.71. The summed E-state index contributed by atoms with van der Waals surface area (Å²) in [5.74, 6) is 0.284. The van der Waals surface area contributed by atoms with E-state index >= 15 is 0 Å². The van der Waals surface area contributed by atoms with E-state index in [9.17, 15) is 9.59 Å². The Kier molecular flexibility index (Phi) is 6.67. The monoisotopic (exact) mass is 301 g/mol. The molecule has 0 radical (unpaired) electrons. The molecule has 20 heavy (non-hydrogen) atoms. The Morgan fingerprint density at radius 1 is 1.55 bits per heavy atom. The Labute approximate surface area is 123 Å². The highest BCUT2D eigenvalue weighted by atomic mass is 35.5. The van der Waals surface area contributed by atoms with Crippen molar-refractivity contribution in [2.75, 3.05) is 20.3 Å². The average molecular weight is 302 g/mol. The van der Waals surface area contributed by atoms with Gasteiger partial charge in [0.15, 0.2) is 0 Å². The van der Waals surface area contributed by atoms with Gasteiger partial charge in [0, 0.05) is 32.2 Å². The number of rotatable bonds is 7. The standard InChI is InChI=1S/C13H20ClN3O3/c1-9(2)13-16-10(14)7-12(19)17(13)8-11(18)15-5-4-6-20-3/h7,9H,4-6,8H2,1-3H3,(H,15,18). The van der Waals surface area contributed by atoms with Crippen molar-refractivity contribution in [3.63, 3.8) is 0 Å². The van der Waals surface area contributed by atoms with Crippen molar-refractivity contribution in [1.29, 1.82) is 0 Å². The van der Waals surface area contributed by atoms with E-state index in [1.807, 2.05) is 13.8 Å². The minimum atomic E-state index is -0.319. The maximum Gasteiger partial charge on any atom is 0.255 e. The van der Waals surface area contributed by atoms with Gasteiger partial charge in [0.2, 0.25) is 5.91 Å². The Balaban J connectivity index is 2.76. The summed E-state index contributed by atoms with van der Waals surface area (Å²) in [5.41, 5.74) is -0.319. The summed E-state index contributed by atoms with van der Waals surface area (Å²) in [7, 11) is 1.61. The number of carbonyl (C=O) groups excluding carboxylic acids is 1. The molecule has 112 valence electrons. The van der Waals surface area contributed by atoms with E-state index in [1.54, 1.807) is 7.11 Å². The average Bonchev–Trinajstić information content (AvgIpc) is 2.37. The number of halogens is 1. The predicted molar refractivity (Wildman–Crippen MR) is 77.1 cm³/mol. The third-order valence-electron chi connectivity index (χ3n) is 2.67. The molecule has 0 saturated carbocycles. The van der Waals surface area contributed by atoms with Gasteiger partial charge in [-0.15, -0.1) is 0 Å². The van der Waals surface area contributed by atoms with Crippen LogP contribution in [-0.4, -0.2) is 35.7 Å². The Morgan fingerprint density at radius 2 is 2.25 bits per heavy atom. The fourth-order valence-corrected chi connectivity index (χ4v) is 1.92. The molecule has 0 unspecified atom stereocenters. The topological polar surface area (TPSA) is 73.2 Å². The zero-order chi connectivity index (χ0) is 15.1. The third kappa shape index (κ3) is 4.94. The van der Waals surface area contributed by atoms with Gasteiger partial charge in [-0.05, 0) is 6.42 Å². The number of carbonyl (C=O) groups is 1. The molecule has 0 aromatic carbocycles. The summed E-state index contributed by atoms with van der Waals surface area (Å²) < 4.78 is 6.24. The van der Waals surface area contributed by atoms with Crippen molar-refractivity contribution < 1.29 is 9.53 Å². The van der Waals surface area contributed by atoms with Crippen LogP contribution in [0, 0.1) is 0 Å². The van der Waals surface area contributed by atoms with Crippen LogP contribution in [0.4, 0.5) is 0 Å². The van der Waals surface area contributed by atoms with E-state index in [0.717, 1.165) is 6.42 Å². The number of aromatic nitrogens is 2. The zero-order valence-electron chi connectivity index (χ0n) is 12.0. The lowest BCUT2D eigenvalue weighted by atomic mass is 10.2. The first-order valence-corrected chi connectivity index (χ1v) is 6.86. The molecule has 1 N–H and O–H groups in total. The maximum atomic E-state index is 11.9. The number of hydrogen-bond acceptors (Lipinski definition) is 4. The lowest BCUT2D eigenvalue weighted by Gasteiger charge is -2.14. The first-order chi connectivity index (χ1) is 9.45. The van der Waals surface area contributed by atoms with Gasteiger partial charge in [0.05, 0.1) is 0 Å². The highest BCUT2D eigenvalue weighted by Gasteiger charge is 2.14. The molecule has 0 aliphatic heterocycles. The molecular formula is C13H20ClN3O3. The summed E-state index contributed by atoms with van der Waals surface area (Å²) in [6, 6.07) is 1.21. The van der Waals surface area contributed by atoms with Gasteiger partial charge in [-0.3, -0.25) is 14.2 Å². The third-order valence-corrected chi connectivity index (χ3v) is 2.87. The van der Waals surface area contributed by atoms with Crippen LogP contribution in [0.5, 0.6) is 0 Å². The number of hydrogen-bond donors (Lipinski definition) is 1. The van der Waals surface area contributed by atoms with Crippen molar-refractivity contribution in [3.8, 4) is 0 Å². The lowest BCUT2D eigenvalue weighted by molar-refractivity contribution is -0.121. The van der Waals surface area contributed by atoms with Crippen molar-refractivity contribution in [3.05, 3.63) is 27.4 Å². The molecule has 1 heterocycles. The molecule has 0 aliphatic rings. The molecule has 0 aliphatic carbocycles. The zero-order valence-corrected chi connectivity index (χ0v) is 12.7. The smallest absolute Gasteiger partial charge is 0.255 e. The van der Waals surface area contributed by atoms with Gasteiger partial charge in [0.25, 0.3) is 5.56 Å². The molecule has 0 bridgehead atoms. The van der Waals surface area contributed by atoms with Gasteiger partial charge in [-0.25, -0.2) is 4.98 Å². The molecule has 0 saturated heterocycles. The van der Waals surface area contributed by atoms with Crippen LogP contribution in [-0.2, 0) is 16.1 Å². The molecular weight excluding hydrogens is 282 g/mol. The Morgan fingerprint density at radius 3 is 2.85 bits per heavy atom. The van der Waals surface area contributed by atoms with Gasteiger partial charge in [0.1, 0.15) is 17.5 Å². The Bertz CT molecular complexity index is 514. The molecule has 0 fully saturated rings. The predicted octanol–water partition coefficient (Wildman–Crippen LogP) is 1.17. The Hall–Kier alpha value is -1.40. The van der Waals surface area contributed by atoms with Crippen LogP contribution in [0.3, 0.4) is 0 Å². The maximum absolute atomic E-state index is 11.9.